The van der Waals surface area contributed by atoms with Crippen molar-refractivity contribution in [2.24, 2.45) is 0 Å². The molecule has 0 fully saturated rings. The maximum Gasteiger partial charge on any atom is 0.131 e. The van der Waals surface area contributed by atoms with Crippen molar-refractivity contribution in [2.75, 3.05) is 0 Å². The smallest absolute Gasteiger partial charge is 0.131 e. The lowest BCUT2D eigenvalue weighted by atomic mass is 10.1. The molecule has 2 heteroatoms. The predicted molar refractivity (Wildman–Crippen MR) is 67.8 cm³/mol. The van der Waals surface area contributed by atoms with Gasteiger partial charge < -0.3 is 0 Å². The maximum absolute atomic E-state index is 5.56. The second-order valence-electron chi connectivity index (χ2n) is 4.00. The standard InChI is InChI=1S/C15H13NO/c1-3-7-12(8-4-1)14-11-15(17-16-14)13-9-5-2-6-10-13/h1-11,15-16H. The summed E-state index contributed by atoms with van der Waals surface area (Å²) < 4.78 is 0. The number of hydrogen-bond acceptors (Lipinski definition) is 2. The number of benzene rings is 2. The van der Waals surface area contributed by atoms with E-state index in [-0.39, 0.29) is 6.10 Å². The highest BCUT2D eigenvalue weighted by Gasteiger charge is 2.18. The molecular formula is C15H13NO. The first-order chi connectivity index (χ1) is 8.43. The molecule has 1 N–H and O–H groups in total. The van der Waals surface area contributed by atoms with Gasteiger partial charge >= 0.3 is 0 Å². The van der Waals surface area contributed by atoms with Crippen molar-refractivity contribution in [3.8, 4) is 0 Å². The third kappa shape index (κ3) is 2.08. The van der Waals surface area contributed by atoms with Crippen LogP contribution in [0, 0.1) is 0 Å². The van der Waals surface area contributed by atoms with Gasteiger partial charge in [-0.3, -0.25) is 10.3 Å². The molecule has 84 valence electrons. The molecule has 3 rings (SSSR count). The van der Waals surface area contributed by atoms with Crippen LogP contribution in [-0.4, -0.2) is 0 Å². The molecule has 0 aromatic heterocycles. The summed E-state index contributed by atoms with van der Waals surface area (Å²) in [6, 6.07) is 20.4. The summed E-state index contributed by atoms with van der Waals surface area (Å²) in [4.78, 5) is 5.56. The summed E-state index contributed by atoms with van der Waals surface area (Å²) in [5.74, 6) is 0. The molecule has 0 saturated heterocycles. The molecule has 0 amide bonds. The van der Waals surface area contributed by atoms with Gasteiger partial charge in [-0.1, -0.05) is 60.7 Å². The zero-order chi connectivity index (χ0) is 11.5. The third-order valence-corrected chi connectivity index (χ3v) is 2.83. The van der Waals surface area contributed by atoms with Crippen molar-refractivity contribution in [2.45, 2.75) is 6.10 Å². The Kier molecular flexibility index (Phi) is 2.64. The Morgan fingerprint density at radius 3 is 2.18 bits per heavy atom. The summed E-state index contributed by atoms with van der Waals surface area (Å²) in [6.45, 7) is 0. The molecule has 2 nitrogen and oxygen atoms in total. The lowest BCUT2D eigenvalue weighted by Crippen LogP contribution is -2.07. The van der Waals surface area contributed by atoms with E-state index >= 15 is 0 Å². The first-order valence-electron chi connectivity index (χ1n) is 5.67. The van der Waals surface area contributed by atoms with Crippen LogP contribution in [0.25, 0.3) is 5.70 Å². The first-order valence-corrected chi connectivity index (χ1v) is 5.67. The van der Waals surface area contributed by atoms with Crippen molar-refractivity contribution in [1.82, 2.24) is 5.48 Å². The van der Waals surface area contributed by atoms with Gasteiger partial charge in [-0.2, -0.15) is 0 Å². The quantitative estimate of drug-likeness (QED) is 0.843. The van der Waals surface area contributed by atoms with Crippen LogP contribution in [0.2, 0.25) is 0 Å². The van der Waals surface area contributed by atoms with Crippen LogP contribution in [0.1, 0.15) is 17.2 Å². The molecule has 0 aliphatic carbocycles. The van der Waals surface area contributed by atoms with Gasteiger partial charge in [0.05, 0.1) is 5.70 Å². The maximum atomic E-state index is 5.56. The van der Waals surface area contributed by atoms with Crippen molar-refractivity contribution < 1.29 is 4.84 Å². The van der Waals surface area contributed by atoms with Crippen LogP contribution >= 0.6 is 0 Å². The van der Waals surface area contributed by atoms with E-state index < -0.39 is 0 Å². The van der Waals surface area contributed by atoms with Gasteiger partial charge in [0.2, 0.25) is 0 Å². The largest absolute Gasteiger partial charge is 0.266 e. The summed E-state index contributed by atoms with van der Waals surface area (Å²) in [7, 11) is 0. The van der Waals surface area contributed by atoms with Crippen LogP contribution in [0.5, 0.6) is 0 Å². The number of hydrogen-bond donors (Lipinski definition) is 1. The Bertz CT molecular complexity index is 519. The molecule has 1 aliphatic heterocycles. The fourth-order valence-electron chi connectivity index (χ4n) is 1.93. The zero-order valence-electron chi connectivity index (χ0n) is 9.34. The lowest BCUT2D eigenvalue weighted by Gasteiger charge is -2.06. The number of nitrogens with one attached hydrogen (secondary N) is 1. The second-order valence-corrected chi connectivity index (χ2v) is 4.00. The van der Waals surface area contributed by atoms with Crippen molar-refractivity contribution in [3.63, 3.8) is 0 Å². The van der Waals surface area contributed by atoms with E-state index in [1.54, 1.807) is 0 Å². The molecule has 0 saturated carbocycles. The summed E-state index contributed by atoms with van der Waals surface area (Å²) in [5.41, 5.74) is 6.31. The number of hydroxylamine groups is 1. The second kappa shape index (κ2) is 4.44. The SMILES string of the molecule is C1=C(c2ccccc2)NOC1c1ccccc1. The van der Waals surface area contributed by atoms with E-state index in [2.05, 4.69) is 35.8 Å². The fourth-order valence-corrected chi connectivity index (χ4v) is 1.93. The summed E-state index contributed by atoms with van der Waals surface area (Å²) in [6.07, 6.45) is 2.09. The van der Waals surface area contributed by atoms with Gasteiger partial charge in [0, 0.05) is 0 Å². The van der Waals surface area contributed by atoms with Crippen molar-refractivity contribution in [3.05, 3.63) is 77.9 Å². The average molecular weight is 223 g/mol. The third-order valence-electron chi connectivity index (χ3n) is 2.83. The van der Waals surface area contributed by atoms with Crippen molar-refractivity contribution >= 4 is 5.70 Å². The Morgan fingerprint density at radius 2 is 1.47 bits per heavy atom. The van der Waals surface area contributed by atoms with E-state index in [9.17, 15) is 0 Å². The molecule has 0 bridgehead atoms. The molecular weight excluding hydrogens is 210 g/mol. The molecule has 17 heavy (non-hydrogen) atoms. The molecule has 1 aliphatic rings. The highest BCUT2D eigenvalue weighted by Crippen LogP contribution is 2.27. The van der Waals surface area contributed by atoms with E-state index in [1.807, 2.05) is 36.4 Å². The molecule has 1 heterocycles. The summed E-state index contributed by atoms with van der Waals surface area (Å²) in [5, 5.41) is 0. The fraction of sp³-hybridized carbons (Fsp3) is 0.0667. The normalized spacial score (nSPS) is 18.6. The van der Waals surface area contributed by atoms with Crippen molar-refractivity contribution in [1.29, 1.82) is 0 Å². The summed E-state index contributed by atoms with van der Waals surface area (Å²) >= 11 is 0. The highest BCUT2D eigenvalue weighted by molar-refractivity contribution is 5.65. The van der Waals surface area contributed by atoms with Gasteiger partial charge in [0.15, 0.2) is 0 Å². The van der Waals surface area contributed by atoms with Gasteiger partial charge in [-0.05, 0) is 17.2 Å². The van der Waals surface area contributed by atoms with Crippen LogP contribution in [0.15, 0.2) is 66.7 Å². The van der Waals surface area contributed by atoms with Crippen LogP contribution in [0.3, 0.4) is 0 Å². The minimum atomic E-state index is -0.00796. The van der Waals surface area contributed by atoms with Gasteiger partial charge in [0.1, 0.15) is 6.10 Å². The van der Waals surface area contributed by atoms with E-state index in [0.717, 1.165) is 16.8 Å². The Hall–Kier alpha value is -2.06. The van der Waals surface area contributed by atoms with Gasteiger partial charge in [0.25, 0.3) is 0 Å². The highest BCUT2D eigenvalue weighted by atomic mass is 16.7. The molecule has 2 aromatic carbocycles. The topological polar surface area (TPSA) is 21.3 Å². The first kappa shape index (κ1) is 10.1. The lowest BCUT2D eigenvalue weighted by molar-refractivity contribution is 0.0511. The Morgan fingerprint density at radius 1 is 0.824 bits per heavy atom. The molecule has 0 radical (unpaired) electrons. The Labute approximate surface area is 101 Å². The molecule has 2 aromatic rings. The molecule has 1 atom stereocenters. The average Bonchev–Trinajstić information content (AvgIpc) is 2.90. The van der Waals surface area contributed by atoms with Gasteiger partial charge in [-0.15, -0.1) is 0 Å². The van der Waals surface area contributed by atoms with Crippen LogP contribution in [-0.2, 0) is 4.84 Å². The predicted octanol–water partition coefficient (Wildman–Crippen LogP) is 3.30. The van der Waals surface area contributed by atoms with Crippen LogP contribution < -0.4 is 5.48 Å². The van der Waals surface area contributed by atoms with E-state index in [1.165, 1.54) is 0 Å². The van der Waals surface area contributed by atoms with E-state index in [0.29, 0.717) is 0 Å². The monoisotopic (exact) mass is 223 g/mol. The minimum absolute atomic E-state index is 0.00796. The number of rotatable bonds is 2. The minimum Gasteiger partial charge on any atom is -0.266 e. The van der Waals surface area contributed by atoms with E-state index in [4.69, 9.17) is 4.84 Å². The van der Waals surface area contributed by atoms with Gasteiger partial charge in [-0.25, -0.2) is 0 Å². The molecule has 0 spiro atoms. The zero-order valence-corrected chi connectivity index (χ0v) is 9.34. The molecule has 1 unspecified atom stereocenters. The Balaban J connectivity index is 1.87. The van der Waals surface area contributed by atoms with Crippen LogP contribution in [0.4, 0.5) is 0 Å².